The lowest BCUT2D eigenvalue weighted by Gasteiger charge is -2.13. The van der Waals surface area contributed by atoms with Gasteiger partial charge in [0.05, 0.1) is 4.47 Å². The number of ether oxygens (including phenoxy) is 1. The molecule has 0 saturated heterocycles. The molecule has 0 saturated carbocycles. The predicted molar refractivity (Wildman–Crippen MR) is 70.6 cm³/mol. The molecule has 2 aromatic rings. The zero-order valence-electron chi connectivity index (χ0n) is 10.7. The Kier molecular flexibility index (Phi) is 4.86. The van der Waals surface area contributed by atoms with Gasteiger partial charge in [-0.05, 0) is 34.1 Å². The van der Waals surface area contributed by atoms with Gasteiger partial charge in [-0.15, -0.1) is 5.10 Å². The Morgan fingerprint density at radius 2 is 2.14 bits per heavy atom. The first-order chi connectivity index (χ1) is 10.3. The van der Waals surface area contributed by atoms with Crippen LogP contribution in [-0.2, 0) is 6.18 Å². The summed E-state index contributed by atoms with van der Waals surface area (Å²) in [5, 5.41) is 16.8. The average molecular weight is 385 g/mol. The van der Waals surface area contributed by atoms with Crippen LogP contribution in [0.5, 0.6) is 5.75 Å². The van der Waals surface area contributed by atoms with Crippen LogP contribution in [0.25, 0.3) is 0 Å². The number of H-pyrrole nitrogens is 1. The molecule has 1 unspecified atom stereocenters. The summed E-state index contributed by atoms with van der Waals surface area (Å²) in [6, 6.07) is 3.66. The van der Waals surface area contributed by atoms with E-state index in [0.29, 0.717) is 4.47 Å². The van der Waals surface area contributed by atoms with E-state index >= 15 is 0 Å². The highest BCUT2D eigenvalue weighted by Gasteiger charge is 2.35. The number of aromatic amines is 1. The highest BCUT2D eigenvalue weighted by Crippen LogP contribution is 2.27. The highest BCUT2D eigenvalue weighted by atomic mass is 79.9. The molecule has 0 fully saturated rings. The molecule has 0 aliphatic rings. The first-order valence-electron chi connectivity index (χ1n) is 5.78. The predicted octanol–water partition coefficient (Wildman–Crippen LogP) is 2.53. The fourth-order valence-electron chi connectivity index (χ4n) is 1.40. The molecule has 1 aromatic heterocycles. The van der Waals surface area contributed by atoms with E-state index in [-0.39, 0.29) is 12.4 Å². The number of benzene rings is 1. The van der Waals surface area contributed by atoms with E-state index < -0.39 is 30.0 Å². The molecule has 0 bridgehead atoms. The largest absolute Gasteiger partial charge is 0.488 e. The van der Waals surface area contributed by atoms with Crippen LogP contribution in [0.15, 0.2) is 22.7 Å². The Morgan fingerprint density at radius 3 is 2.73 bits per heavy atom. The van der Waals surface area contributed by atoms with Gasteiger partial charge in [-0.2, -0.15) is 18.2 Å². The van der Waals surface area contributed by atoms with E-state index in [4.69, 9.17) is 4.74 Å². The second kappa shape index (κ2) is 6.48. The summed E-state index contributed by atoms with van der Waals surface area (Å²) < 4.78 is 55.3. The molecule has 6 nitrogen and oxygen atoms in total. The van der Waals surface area contributed by atoms with Crippen LogP contribution in [0, 0.1) is 5.82 Å². The van der Waals surface area contributed by atoms with Crippen LogP contribution in [-0.4, -0.2) is 33.1 Å². The van der Waals surface area contributed by atoms with Crippen molar-refractivity contribution in [1.29, 1.82) is 0 Å². The van der Waals surface area contributed by atoms with E-state index in [2.05, 4.69) is 31.3 Å². The number of aliphatic hydroxyl groups is 1. The Morgan fingerprint density at radius 1 is 1.41 bits per heavy atom. The van der Waals surface area contributed by atoms with Crippen molar-refractivity contribution in [3.63, 3.8) is 0 Å². The molecular formula is C11H9BrF4N4O2. The van der Waals surface area contributed by atoms with Gasteiger partial charge in [-0.1, -0.05) is 0 Å². The Labute approximate surface area is 129 Å². The molecule has 1 atom stereocenters. The molecule has 0 amide bonds. The monoisotopic (exact) mass is 384 g/mol. The summed E-state index contributed by atoms with van der Waals surface area (Å²) in [6.45, 7) is -0.319. The number of halogens is 5. The second-order valence-corrected chi connectivity index (χ2v) is 4.91. The second-order valence-electron chi connectivity index (χ2n) is 4.05. The van der Waals surface area contributed by atoms with Crippen LogP contribution in [0.1, 0.15) is 5.82 Å². The van der Waals surface area contributed by atoms with Crippen LogP contribution in [0.4, 0.5) is 23.5 Å². The van der Waals surface area contributed by atoms with Crippen molar-refractivity contribution in [2.45, 2.75) is 12.4 Å². The number of aromatic nitrogens is 3. The topological polar surface area (TPSA) is 83.1 Å². The maximum atomic E-state index is 12.9. The molecule has 1 heterocycles. The fourth-order valence-corrected chi connectivity index (χ4v) is 1.87. The van der Waals surface area contributed by atoms with E-state index in [9.17, 15) is 22.7 Å². The molecule has 0 aliphatic carbocycles. The van der Waals surface area contributed by atoms with Gasteiger partial charge in [0.15, 0.2) is 6.23 Å². The summed E-state index contributed by atoms with van der Waals surface area (Å²) in [6.07, 6.45) is -6.03. The van der Waals surface area contributed by atoms with E-state index in [1.54, 1.807) is 5.10 Å². The minimum absolute atomic E-state index is 0.258. The third-order valence-electron chi connectivity index (χ3n) is 2.34. The number of hydrogen-bond acceptors (Lipinski definition) is 5. The normalized spacial score (nSPS) is 13.0. The van der Waals surface area contributed by atoms with Gasteiger partial charge in [0.1, 0.15) is 18.2 Å². The number of nitrogens with zero attached hydrogens (tertiary/aromatic N) is 2. The zero-order valence-corrected chi connectivity index (χ0v) is 12.2. The van der Waals surface area contributed by atoms with Crippen LogP contribution in [0.2, 0.25) is 0 Å². The molecule has 22 heavy (non-hydrogen) atoms. The molecule has 11 heteroatoms. The van der Waals surface area contributed by atoms with Gasteiger partial charge in [0, 0.05) is 0 Å². The van der Waals surface area contributed by atoms with Crippen molar-refractivity contribution in [2.24, 2.45) is 0 Å². The smallest absolute Gasteiger partial charge is 0.451 e. The van der Waals surface area contributed by atoms with Crippen molar-refractivity contribution in [3.8, 4) is 5.75 Å². The third-order valence-corrected chi connectivity index (χ3v) is 2.96. The number of nitrogens with one attached hydrogen (secondary N) is 2. The zero-order chi connectivity index (χ0) is 16.3. The number of aliphatic hydroxyl groups excluding tert-OH is 1. The summed E-state index contributed by atoms with van der Waals surface area (Å²) in [5.74, 6) is -1.93. The Hall–Kier alpha value is -1.88. The highest BCUT2D eigenvalue weighted by molar-refractivity contribution is 9.10. The van der Waals surface area contributed by atoms with Gasteiger partial charge < -0.3 is 15.2 Å². The van der Waals surface area contributed by atoms with Crippen molar-refractivity contribution < 1.29 is 27.4 Å². The number of hydrogen-bond donors (Lipinski definition) is 3. The van der Waals surface area contributed by atoms with E-state index in [1.165, 1.54) is 12.1 Å². The van der Waals surface area contributed by atoms with Crippen molar-refractivity contribution >= 4 is 21.9 Å². The van der Waals surface area contributed by atoms with E-state index in [1.807, 2.05) is 0 Å². The maximum Gasteiger partial charge on any atom is 0.451 e. The lowest BCUT2D eigenvalue weighted by molar-refractivity contribution is -0.144. The summed E-state index contributed by atoms with van der Waals surface area (Å²) in [4.78, 5) is 3.13. The first-order valence-corrected chi connectivity index (χ1v) is 6.57. The van der Waals surface area contributed by atoms with Crippen molar-refractivity contribution in [3.05, 3.63) is 34.3 Å². The quantitative estimate of drug-likeness (QED) is 0.545. The van der Waals surface area contributed by atoms with E-state index in [0.717, 1.165) is 6.07 Å². The first kappa shape index (κ1) is 16.5. The molecule has 2 rings (SSSR count). The van der Waals surface area contributed by atoms with Crippen LogP contribution >= 0.6 is 15.9 Å². The SMILES string of the molecule is OC(COc1ccc(F)cc1Br)Nc1n[nH]c(C(F)(F)F)n1. The van der Waals surface area contributed by atoms with Crippen molar-refractivity contribution in [2.75, 3.05) is 11.9 Å². The molecular weight excluding hydrogens is 376 g/mol. The molecule has 120 valence electrons. The number of rotatable bonds is 5. The van der Waals surface area contributed by atoms with Crippen molar-refractivity contribution in [1.82, 2.24) is 15.2 Å². The van der Waals surface area contributed by atoms with Crippen LogP contribution < -0.4 is 10.1 Å². The van der Waals surface area contributed by atoms with Gasteiger partial charge >= 0.3 is 6.18 Å². The molecule has 3 N–H and O–H groups in total. The lowest BCUT2D eigenvalue weighted by Crippen LogP contribution is -2.27. The molecule has 0 aliphatic heterocycles. The minimum Gasteiger partial charge on any atom is -0.488 e. The third kappa shape index (κ3) is 4.31. The standard InChI is InChI=1S/C11H9BrF4N4O2/c12-6-3-5(13)1-2-7(6)22-4-8(21)17-10-18-9(19-20-10)11(14,15)16/h1-3,8,21H,4H2,(H2,17,18,19,20). The van der Waals surface area contributed by atoms with Gasteiger partial charge in [0.25, 0.3) is 0 Å². The summed E-state index contributed by atoms with van der Waals surface area (Å²) >= 11 is 3.07. The maximum absolute atomic E-state index is 12.9. The summed E-state index contributed by atoms with van der Waals surface area (Å²) in [5.41, 5.74) is 0. The van der Waals surface area contributed by atoms with Crippen LogP contribution in [0.3, 0.4) is 0 Å². The fraction of sp³-hybridized carbons (Fsp3) is 0.273. The molecule has 1 aromatic carbocycles. The number of anilines is 1. The minimum atomic E-state index is -4.66. The van der Waals surface area contributed by atoms with Gasteiger partial charge in [0.2, 0.25) is 11.8 Å². The number of alkyl halides is 3. The average Bonchev–Trinajstić information content (AvgIpc) is 2.86. The van der Waals surface area contributed by atoms with Gasteiger partial charge in [-0.25, -0.2) is 4.39 Å². The Bertz CT molecular complexity index is 649. The lowest BCUT2D eigenvalue weighted by atomic mass is 10.3. The molecule has 0 spiro atoms. The van der Waals surface area contributed by atoms with Gasteiger partial charge in [-0.3, -0.25) is 5.10 Å². The summed E-state index contributed by atoms with van der Waals surface area (Å²) in [7, 11) is 0. The Balaban J connectivity index is 1.90. The molecule has 0 radical (unpaired) electrons.